The number of ether oxygens (including phenoxy) is 1. The number of methoxy groups -OCH3 is 1. The van der Waals surface area contributed by atoms with E-state index in [1.807, 2.05) is 0 Å². The first kappa shape index (κ1) is 8.47. The van der Waals surface area contributed by atoms with Crippen LogP contribution in [0.25, 0.3) is 0 Å². The van der Waals surface area contributed by atoms with Crippen LogP contribution in [0.15, 0.2) is 12.1 Å². The van der Waals surface area contributed by atoms with E-state index in [0.29, 0.717) is 0 Å². The van der Waals surface area contributed by atoms with Gasteiger partial charge in [0, 0.05) is 0 Å². The van der Waals surface area contributed by atoms with Crippen LogP contribution in [0.1, 0.15) is 5.56 Å². The van der Waals surface area contributed by atoms with E-state index in [1.54, 1.807) is 0 Å². The predicted molar refractivity (Wildman–Crippen MR) is 37.6 cm³/mol. The van der Waals surface area contributed by atoms with Crippen LogP contribution in [0.4, 0.5) is 8.78 Å². The highest BCUT2D eigenvalue weighted by Crippen LogP contribution is 2.21. The molecule has 0 bridgehead atoms. The van der Waals surface area contributed by atoms with Crippen molar-refractivity contribution in [3.05, 3.63) is 29.3 Å². The standard InChI is InChI=1S/C8H5F2NO/c1-12-6-3-2-5(4-11)7(9)8(6)10/h2-3H,1H3. The summed E-state index contributed by atoms with van der Waals surface area (Å²) in [6.07, 6.45) is 0. The van der Waals surface area contributed by atoms with Gasteiger partial charge in [-0.3, -0.25) is 0 Å². The molecule has 4 heteroatoms. The summed E-state index contributed by atoms with van der Waals surface area (Å²) >= 11 is 0. The van der Waals surface area contributed by atoms with E-state index in [0.717, 1.165) is 6.07 Å². The number of rotatable bonds is 1. The molecule has 0 saturated heterocycles. The fraction of sp³-hybridized carbons (Fsp3) is 0.125. The van der Waals surface area contributed by atoms with Crippen molar-refractivity contribution in [2.75, 3.05) is 7.11 Å². The van der Waals surface area contributed by atoms with E-state index in [-0.39, 0.29) is 11.3 Å². The van der Waals surface area contributed by atoms with E-state index >= 15 is 0 Å². The number of benzene rings is 1. The first-order valence-electron chi connectivity index (χ1n) is 3.12. The van der Waals surface area contributed by atoms with Crippen LogP contribution in [-0.4, -0.2) is 7.11 Å². The number of hydrogen-bond donors (Lipinski definition) is 0. The molecule has 0 aliphatic rings. The Kier molecular flexibility index (Phi) is 2.24. The zero-order chi connectivity index (χ0) is 9.14. The predicted octanol–water partition coefficient (Wildman–Crippen LogP) is 1.85. The smallest absolute Gasteiger partial charge is 0.201 e. The van der Waals surface area contributed by atoms with Gasteiger partial charge in [0.1, 0.15) is 6.07 Å². The zero-order valence-electron chi connectivity index (χ0n) is 6.27. The van der Waals surface area contributed by atoms with Gasteiger partial charge < -0.3 is 4.74 Å². The average molecular weight is 169 g/mol. The molecule has 0 N–H and O–H groups in total. The quantitative estimate of drug-likeness (QED) is 0.642. The fourth-order valence-corrected chi connectivity index (χ4v) is 0.776. The van der Waals surface area contributed by atoms with Crippen molar-refractivity contribution < 1.29 is 13.5 Å². The van der Waals surface area contributed by atoms with E-state index in [9.17, 15) is 8.78 Å². The Bertz CT molecular complexity index is 344. The molecule has 0 radical (unpaired) electrons. The second-order valence-corrected chi connectivity index (χ2v) is 2.06. The topological polar surface area (TPSA) is 33.0 Å². The first-order valence-corrected chi connectivity index (χ1v) is 3.12. The van der Waals surface area contributed by atoms with E-state index in [4.69, 9.17) is 5.26 Å². The van der Waals surface area contributed by atoms with Crippen molar-refractivity contribution in [2.24, 2.45) is 0 Å². The molecule has 0 amide bonds. The Hall–Kier alpha value is -1.63. The molecule has 0 heterocycles. The lowest BCUT2D eigenvalue weighted by molar-refractivity contribution is 0.371. The van der Waals surface area contributed by atoms with Crippen molar-refractivity contribution in [3.63, 3.8) is 0 Å². The van der Waals surface area contributed by atoms with Crippen molar-refractivity contribution in [1.29, 1.82) is 5.26 Å². The normalized spacial score (nSPS) is 9.17. The van der Waals surface area contributed by atoms with Crippen LogP contribution in [-0.2, 0) is 0 Å². The minimum Gasteiger partial charge on any atom is -0.494 e. The lowest BCUT2D eigenvalue weighted by Gasteiger charge is -2.01. The summed E-state index contributed by atoms with van der Waals surface area (Å²) < 4.78 is 30.1. The second-order valence-electron chi connectivity index (χ2n) is 2.06. The molecule has 0 aliphatic carbocycles. The van der Waals surface area contributed by atoms with Gasteiger partial charge in [-0.2, -0.15) is 9.65 Å². The summed E-state index contributed by atoms with van der Waals surface area (Å²) in [6.45, 7) is 0. The highest BCUT2D eigenvalue weighted by molar-refractivity contribution is 5.37. The average Bonchev–Trinajstić information content (AvgIpc) is 2.10. The van der Waals surface area contributed by atoms with Crippen molar-refractivity contribution in [2.45, 2.75) is 0 Å². The summed E-state index contributed by atoms with van der Waals surface area (Å²) in [7, 11) is 1.23. The monoisotopic (exact) mass is 169 g/mol. The molecule has 12 heavy (non-hydrogen) atoms. The third-order valence-electron chi connectivity index (χ3n) is 1.39. The van der Waals surface area contributed by atoms with Crippen LogP contribution in [0.2, 0.25) is 0 Å². The SMILES string of the molecule is COc1ccc(C#N)c(F)c1F. The van der Waals surface area contributed by atoms with Crippen LogP contribution in [0.3, 0.4) is 0 Å². The highest BCUT2D eigenvalue weighted by Gasteiger charge is 2.12. The van der Waals surface area contributed by atoms with Crippen molar-refractivity contribution in [3.8, 4) is 11.8 Å². The second kappa shape index (κ2) is 3.18. The third kappa shape index (κ3) is 1.21. The lowest BCUT2D eigenvalue weighted by atomic mass is 10.2. The lowest BCUT2D eigenvalue weighted by Crippen LogP contribution is -1.94. The summed E-state index contributed by atoms with van der Waals surface area (Å²) in [4.78, 5) is 0. The van der Waals surface area contributed by atoms with Gasteiger partial charge in [-0.15, -0.1) is 0 Å². The Morgan fingerprint density at radius 1 is 1.33 bits per heavy atom. The first-order chi connectivity index (χ1) is 5.70. The Labute approximate surface area is 68.0 Å². The highest BCUT2D eigenvalue weighted by atomic mass is 19.2. The molecule has 0 fully saturated rings. The fourth-order valence-electron chi connectivity index (χ4n) is 0.776. The van der Waals surface area contributed by atoms with Gasteiger partial charge in [-0.25, -0.2) is 4.39 Å². The molecule has 1 aromatic carbocycles. The molecule has 0 aromatic heterocycles. The third-order valence-corrected chi connectivity index (χ3v) is 1.39. The number of halogens is 2. The summed E-state index contributed by atoms with van der Waals surface area (Å²) in [5.41, 5.74) is -0.326. The molecule has 0 spiro atoms. The Morgan fingerprint density at radius 2 is 2.00 bits per heavy atom. The minimum atomic E-state index is -1.17. The molecular formula is C8H5F2NO. The van der Waals surface area contributed by atoms with Gasteiger partial charge in [0.2, 0.25) is 5.82 Å². The van der Waals surface area contributed by atoms with Crippen molar-refractivity contribution >= 4 is 0 Å². The van der Waals surface area contributed by atoms with Crippen LogP contribution >= 0.6 is 0 Å². The van der Waals surface area contributed by atoms with Crippen LogP contribution in [0.5, 0.6) is 5.75 Å². The Morgan fingerprint density at radius 3 is 2.50 bits per heavy atom. The molecule has 1 aromatic rings. The van der Waals surface area contributed by atoms with Crippen molar-refractivity contribution in [1.82, 2.24) is 0 Å². The molecule has 1 rings (SSSR count). The molecule has 0 atom stereocenters. The minimum absolute atomic E-state index is 0.202. The van der Waals surface area contributed by atoms with Gasteiger partial charge in [0.15, 0.2) is 11.6 Å². The zero-order valence-corrected chi connectivity index (χ0v) is 6.27. The maximum absolute atomic E-state index is 12.8. The molecule has 0 saturated carbocycles. The van der Waals surface area contributed by atoms with Gasteiger partial charge in [0.05, 0.1) is 12.7 Å². The van der Waals surface area contributed by atoms with Crippen LogP contribution < -0.4 is 4.74 Å². The van der Waals surface area contributed by atoms with E-state index in [1.165, 1.54) is 19.2 Å². The molecule has 2 nitrogen and oxygen atoms in total. The molecule has 0 aliphatic heterocycles. The Balaban J connectivity index is 3.32. The van der Waals surface area contributed by atoms with Gasteiger partial charge in [-0.05, 0) is 12.1 Å². The number of nitriles is 1. The largest absolute Gasteiger partial charge is 0.494 e. The van der Waals surface area contributed by atoms with E-state index in [2.05, 4.69) is 4.74 Å². The maximum Gasteiger partial charge on any atom is 0.201 e. The maximum atomic E-state index is 12.8. The summed E-state index contributed by atoms with van der Waals surface area (Å²) in [6, 6.07) is 3.89. The number of hydrogen-bond acceptors (Lipinski definition) is 2. The van der Waals surface area contributed by atoms with Gasteiger partial charge >= 0.3 is 0 Å². The molecule has 62 valence electrons. The summed E-state index contributed by atoms with van der Waals surface area (Å²) in [5, 5.41) is 8.31. The molecular weight excluding hydrogens is 164 g/mol. The van der Waals surface area contributed by atoms with Gasteiger partial charge in [-0.1, -0.05) is 0 Å². The molecule has 0 unspecified atom stereocenters. The number of nitrogens with zero attached hydrogens (tertiary/aromatic N) is 1. The van der Waals surface area contributed by atoms with E-state index < -0.39 is 11.6 Å². The van der Waals surface area contributed by atoms with Gasteiger partial charge in [0.25, 0.3) is 0 Å². The van der Waals surface area contributed by atoms with Crippen LogP contribution in [0, 0.1) is 23.0 Å². The summed E-state index contributed by atoms with van der Waals surface area (Å²) in [5.74, 6) is -2.50.